The maximum absolute atomic E-state index is 11.4. The van der Waals surface area contributed by atoms with Crippen LogP contribution in [0.15, 0.2) is 24.4 Å². The van der Waals surface area contributed by atoms with E-state index in [1.807, 2.05) is 12.1 Å². The molecule has 1 atom stereocenters. The fraction of sp³-hybridized carbons (Fsp3) is 0.417. The molecule has 0 radical (unpaired) electrons. The standard InChI is InChI=1S/C12H17N3O4/c16-8-5-10(11(17)18)15-12(19)14-7-4-9-3-1-2-6-13-9/h1-3,6,10,16H,4-5,7-8H2,(H,17,18)(H2,14,15,19)/t10-/m1/s1. The highest BCUT2D eigenvalue weighted by Gasteiger charge is 2.18. The second-order valence-corrected chi connectivity index (χ2v) is 3.87. The van der Waals surface area contributed by atoms with Crippen LogP contribution in [0.2, 0.25) is 0 Å². The van der Waals surface area contributed by atoms with Crippen molar-refractivity contribution in [1.82, 2.24) is 15.6 Å². The number of carbonyl (C=O) groups is 2. The molecule has 1 rings (SSSR count). The Bertz CT molecular complexity index is 411. The summed E-state index contributed by atoms with van der Waals surface area (Å²) in [5.74, 6) is -1.17. The van der Waals surface area contributed by atoms with Gasteiger partial charge in [-0.05, 0) is 12.1 Å². The summed E-state index contributed by atoms with van der Waals surface area (Å²) in [6.45, 7) is 0.0551. The lowest BCUT2D eigenvalue weighted by Gasteiger charge is -2.13. The van der Waals surface area contributed by atoms with Crippen LogP contribution in [0.5, 0.6) is 0 Å². The zero-order chi connectivity index (χ0) is 14.1. The lowest BCUT2D eigenvalue weighted by molar-refractivity contribution is -0.139. The summed E-state index contributed by atoms with van der Waals surface area (Å²) in [5, 5.41) is 22.3. The summed E-state index contributed by atoms with van der Waals surface area (Å²) in [6, 6.07) is 3.84. The van der Waals surface area contributed by atoms with Crippen LogP contribution in [0, 0.1) is 0 Å². The minimum atomic E-state index is -1.17. The molecule has 1 heterocycles. The molecule has 0 aromatic carbocycles. The Labute approximate surface area is 110 Å². The molecular weight excluding hydrogens is 250 g/mol. The maximum Gasteiger partial charge on any atom is 0.326 e. The van der Waals surface area contributed by atoms with Gasteiger partial charge in [-0.15, -0.1) is 0 Å². The molecule has 0 unspecified atom stereocenters. The molecule has 0 saturated carbocycles. The Morgan fingerprint density at radius 1 is 1.37 bits per heavy atom. The number of hydrogen-bond acceptors (Lipinski definition) is 4. The molecule has 19 heavy (non-hydrogen) atoms. The Kier molecular flexibility index (Phi) is 6.31. The first-order valence-electron chi connectivity index (χ1n) is 5.91. The van der Waals surface area contributed by atoms with Gasteiger partial charge >= 0.3 is 12.0 Å². The van der Waals surface area contributed by atoms with Crippen LogP contribution in [-0.4, -0.2) is 46.4 Å². The quantitative estimate of drug-likeness (QED) is 0.544. The highest BCUT2D eigenvalue weighted by atomic mass is 16.4. The molecule has 1 aromatic rings. The number of rotatable bonds is 7. The summed E-state index contributed by atoms with van der Waals surface area (Å²) in [7, 11) is 0. The number of aliphatic hydroxyl groups excluding tert-OH is 1. The monoisotopic (exact) mass is 267 g/mol. The molecule has 0 spiro atoms. The second-order valence-electron chi connectivity index (χ2n) is 3.87. The van der Waals surface area contributed by atoms with Gasteiger partial charge in [0, 0.05) is 37.9 Å². The summed E-state index contributed by atoms with van der Waals surface area (Å²) >= 11 is 0. The summed E-state index contributed by atoms with van der Waals surface area (Å²) < 4.78 is 0. The Hall–Kier alpha value is -2.15. The van der Waals surface area contributed by atoms with E-state index in [-0.39, 0.29) is 13.0 Å². The molecule has 7 nitrogen and oxygen atoms in total. The van der Waals surface area contributed by atoms with Crippen LogP contribution in [0.4, 0.5) is 4.79 Å². The molecule has 4 N–H and O–H groups in total. The third-order valence-corrected chi connectivity index (χ3v) is 2.41. The third-order valence-electron chi connectivity index (χ3n) is 2.41. The number of carboxylic acid groups (broad SMARTS) is 1. The number of carbonyl (C=O) groups excluding carboxylic acids is 1. The fourth-order valence-corrected chi connectivity index (χ4v) is 1.45. The molecule has 0 fully saturated rings. The third kappa shape index (κ3) is 5.82. The number of aliphatic hydroxyl groups is 1. The highest BCUT2D eigenvalue weighted by molar-refractivity contribution is 5.82. The lowest BCUT2D eigenvalue weighted by Crippen LogP contribution is -2.46. The molecule has 0 aliphatic rings. The molecular formula is C12H17N3O4. The van der Waals surface area contributed by atoms with E-state index < -0.39 is 18.0 Å². The molecule has 0 bridgehead atoms. The number of pyridine rings is 1. The molecule has 0 aliphatic heterocycles. The van der Waals surface area contributed by atoms with Crippen LogP contribution in [0.3, 0.4) is 0 Å². The van der Waals surface area contributed by atoms with Crippen LogP contribution in [0.25, 0.3) is 0 Å². The van der Waals surface area contributed by atoms with E-state index in [4.69, 9.17) is 10.2 Å². The lowest BCUT2D eigenvalue weighted by atomic mass is 10.2. The van der Waals surface area contributed by atoms with Gasteiger partial charge in [-0.25, -0.2) is 9.59 Å². The van der Waals surface area contributed by atoms with Gasteiger partial charge < -0.3 is 20.8 Å². The van der Waals surface area contributed by atoms with E-state index in [9.17, 15) is 9.59 Å². The average molecular weight is 267 g/mol. The number of aliphatic carboxylic acids is 1. The Morgan fingerprint density at radius 3 is 2.74 bits per heavy atom. The largest absolute Gasteiger partial charge is 0.480 e. The van der Waals surface area contributed by atoms with Crippen LogP contribution < -0.4 is 10.6 Å². The first kappa shape index (κ1) is 14.9. The van der Waals surface area contributed by atoms with Crippen molar-refractivity contribution in [3.05, 3.63) is 30.1 Å². The molecule has 7 heteroatoms. The minimum absolute atomic E-state index is 0.0248. The molecule has 1 aromatic heterocycles. The first-order chi connectivity index (χ1) is 9.13. The van der Waals surface area contributed by atoms with Gasteiger partial charge in [0.2, 0.25) is 0 Å². The van der Waals surface area contributed by atoms with Gasteiger partial charge in [0.1, 0.15) is 6.04 Å². The van der Waals surface area contributed by atoms with Crippen molar-refractivity contribution in [3.63, 3.8) is 0 Å². The predicted octanol–water partition coefficient (Wildman–Crippen LogP) is -0.241. The van der Waals surface area contributed by atoms with Crippen molar-refractivity contribution in [2.45, 2.75) is 18.9 Å². The average Bonchev–Trinajstić information content (AvgIpc) is 2.39. The van der Waals surface area contributed by atoms with E-state index in [1.165, 1.54) is 0 Å². The first-order valence-corrected chi connectivity index (χ1v) is 5.91. The number of aromatic nitrogens is 1. The number of urea groups is 1. The minimum Gasteiger partial charge on any atom is -0.480 e. The van der Waals surface area contributed by atoms with E-state index in [1.54, 1.807) is 12.3 Å². The van der Waals surface area contributed by atoms with Crippen molar-refractivity contribution in [1.29, 1.82) is 0 Å². The van der Waals surface area contributed by atoms with Crippen molar-refractivity contribution in [2.24, 2.45) is 0 Å². The number of nitrogens with zero attached hydrogens (tertiary/aromatic N) is 1. The molecule has 104 valence electrons. The van der Waals surface area contributed by atoms with Gasteiger partial charge in [-0.2, -0.15) is 0 Å². The molecule has 0 aliphatic carbocycles. The number of nitrogens with one attached hydrogen (secondary N) is 2. The van der Waals surface area contributed by atoms with Crippen LogP contribution >= 0.6 is 0 Å². The van der Waals surface area contributed by atoms with Crippen molar-refractivity contribution < 1.29 is 19.8 Å². The summed E-state index contributed by atoms with van der Waals surface area (Å²) in [5.41, 5.74) is 0.841. The maximum atomic E-state index is 11.4. The smallest absolute Gasteiger partial charge is 0.326 e. The van der Waals surface area contributed by atoms with Gasteiger partial charge in [0.05, 0.1) is 0 Å². The second kappa shape index (κ2) is 8.04. The van der Waals surface area contributed by atoms with Gasteiger partial charge in [0.25, 0.3) is 0 Å². The highest BCUT2D eigenvalue weighted by Crippen LogP contribution is 1.94. The van der Waals surface area contributed by atoms with Crippen molar-refractivity contribution >= 4 is 12.0 Å². The van der Waals surface area contributed by atoms with E-state index in [0.29, 0.717) is 13.0 Å². The van der Waals surface area contributed by atoms with Crippen molar-refractivity contribution in [3.8, 4) is 0 Å². The molecule has 2 amide bonds. The summed E-state index contributed by atoms with van der Waals surface area (Å²) in [6.07, 6.45) is 2.20. The van der Waals surface area contributed by atoms with E-state index in [0.717, 1.165) is 5.69 Å². The zero-order valence-corrected chi connectivity index (χ0v) is 10.4. The van der Waals surface area contributed by atoms with E-state index in [2.05, 4.69) is 15.6 Å². The SMILES string of the molecule is O=C(NCCc1ccccn1)N[C@H](CCO)C(=O)O. The van der Waals surface area contributed by atoms with Gasteiger partial charge in [0.15, 0.2) is 0 Å². The number of amides is 2. The number of hydrogen-bond donors (Lipinski definition) is 4. The fourth-order valence-electron chi connectivity index (χ4n) is 1.45. The van der Waals surface area contributed by atoms with Gasteiger partial charge in [-0.1, -0.05) is 6.07 Å². The van der Waals surface area contributed by atoms with Crippen LogP contribution in [-0.2, 0) is 11.2 Å². The zero-order valence-electron chi connectivity index (χ0n) is 10.4. The number of carboxylic acids is 1. The van der Waals surface area contributed by atoms with Crippen LogP contribution in [0.1, 0.15) is 12.1 Å². The van der Waals surface area contributed by atoms with Crippen molar-refractivity contribution in [2.75, 3.05) is 13.2 Å². The molecule has 0 saturated heterocycles. The van der Waals surface area contributed by atoms with Gasteiger partial charge in [-0.3, -0.25) is 4.98 Å². The Balaban J connectivity index is 2.29. The topological polar surface area (TPSA) is 112 Å². The normalized spacial score (nSPS) is 11.6. The Morgan fingerprint density at radius 2 is 2.16 bits per heavy atom. The predicted molar refractivity (Wildman–Crippen MR) is 67.6 cm³/mol. The van der Waals surface area contributed by atoms with E-state index >= 15 is 0 Å². The summed E-state index contributed by atoms with van der Waals surface area (Å²) in [4.78, 5) is 26.3.